The van der Waals surface area contributed by atoms with E-state index in [0.29, 0.717) is 5.82 Å². The van der Waals surface area contributed by atoms with E-state index in [2.05, 4.69) is 126 Å². The number of rotatable bonds is 3. The number of pyridine rings is 1. The van der Waals surface area contributed by atoms with E-state index in [9.17, 15) is 0 Å². The Morgan fingerprint density at radius 3 is 1.92 bits per heavy atom. The van der Waals surface area contributed by atoms with Crippen molar-refractivity contribution >= 4 is 31.5 Å². The Bertz CT molecular complexity index is 2740. The molecule has 4 nitrogen and oxygen atoms in total. The molecular weight excluding hydrogens is 643 g/mol. The number of aromatic nitrogens is 3. The molecule has 6 aromatic carbocycles. The van der Waals surface area contributed by atoms with Crippen LogP contribution in [0.2, 0.25) is 0 Å². The van der Waals surface area contributed by atoms with Crippen LogP contribution in [-0.4, -0.2) is 15.0 Å². The Kier molecular flexibility index (Phi) is 6.01. The van der Waals surface area contributed by atoms with Gasteiger partial charge >= 0.3 is 0 Å². The second-order valence-electron chi connectivity index (χ2n) is 13.1. The Balaban J connectivity index is 1.13. The maximum Gasteiger partial charge on any atom is 0.160 e. The molecule has 0 fully saturated rings. The number of benzene rings is 6. The molecule has 0 amide bonds. The summed E-state index contributed by atoms with van der Waals surface area (Å²) in [6, 6.07) is 55.7. The van der Waals surface area contributed by atoms with Gasteiger partial charge in [-0.3, -0.25) is 4.98 Å². The zero-order chi connectivity index (χ0) is 33.5. The molecule has 0 saturated carbocycles. The normalized spacial score (nSPS) is 13.4. The van der Waals surface area contributed by atoms with E-state index in [1.165, 1.54) is 53.6 Å². The molecule has 5 heteroatoms. The molecule has 1 aliphatic heterocycles. The molecule has 238 valence electrons. The van der Waals surface area contributed by atoms with Crippen LogP contribution in [0, 0.1) is 0 Å². The summed E-state index contributed by atoms with van der Waals surface area (Å²) < 4.78 is 9.04. The molecule has 2 aliphatic rings. The number of fused-ring (bicyclic) bond motifs is 12. The van der Waals surface area contributed by atoms with Crippen LogP contribution < -0.4 is 4.74 Å². The van der Waals surface area contributed by atoms with Gasteiger partial charge in [0.05, 0.1) is 22.5 Å². The van der Waals surface area contributed by atoms with Crippen molar-refractivity contribution in [2.45, 2.75) is 5.41 Å². The standard InChI is InChI=1S/C46H27N3OS/c1-2-12-28(13-3-1)45-48-39(27-40(49-45)38-18-10-11-23-47-38)29-21-22-31-33-25-37-32(26-44(33)51-43(31)24-29)30-14-4-5-15-34(30)46(37)35-16-6-8-19-41(35)50-42-20-9-7-17-36(42)46/h1-27H. The summed E-state index contributed by atoms with van der Waals surface area (Å²) in [5.41, 5.74) is 11.5. The lowest BCUT2D eigenvalue weighted by molar-refractivity contribution is 0.436. The third-order valence-corrected chi connectivity index (χ3v) is 11.5. The van der Waals surface area contributed by atoms with Gasteiger partial charge in [0.25, 0.3) is 0 Å². The Hall–Kier alpha value is -6.43. The van der Waals surface area contributed by atoms with Crippen molar-refractivity contribution < 1.29 is 4.74 Å². The third-order valence-electron chi connectivity index (χ3n) is 10.4. The second-order valence-corrected chi connectivity index (χ2v) is 14.2. The van der Waals surface area contributed by atoms with E-state index in [1.54, 1.807) is 6.20 Å². The van der Waals surface area contributed by atoms with E-state index in [0.717, 1.165) is 39.7 Å². The van der Waals surface area contributed by atoms with Crippen molar-refractivity contribution in [3.63, 3.8) is 0 Å². The maximum atomic E-state index is 6.55. The van der Waals surface area contributed by atoms with Crippen LogP contribution in [0.5, 0.6) is 11.5 Å². The van der Waals surface area contributed by atoms with Crippen LogP contribution in [0.15, 0.2) is 164 Å². The minimum atomic E-state index is -0.490. The van der Waals surface area contributed by atoms with E-state index < -0.39 is 5.41 Å². The zero-order valence-corrected chi connectivity index (χ0v) is 28.1. The van der Waals surface area contributed by atoms with Crippen LogP contribution >= 0.6 is 11.3 Å². The van der Waals surface area contributed by atoms with E-state index >= 15 is 0 Å². The quantitative estimate of drug-likeness (QED) is 0.188. The molecule has 3 aromatic heterocycles. The average molecular weight is 670 g/mol. The van der Waals surface area contributed by atoms with Crippen molar-refractivity contribution in [3.8, 4) is 56.7 Å². The van der Waals surface area contributed by atoms with Crippen LogP contribution in [0.3, 0.4) is 0 Å². The van der Waals surface area contributed by atoms with Gasteiger partial charge in [0.2, 0.25) is 0 Å². The van der Waals surface area contributed by atoms with E-state index in [-0.39, 0.29) is 0 Å². The minimum absolute atomic E-state index is 0.490. The van der Waals surface area contributed by atoms with Gasteiger partial charge in [-0.25, -0.2) is 9.97 Å². The zero-order valence-electron chi connectivity index (χ0n) is 27.2. The fourth-order valence-corrected chi connectivity index (χ4v) is 9.40. The fourth-order valence-electron chi connectivity index (χ4n) is 8.24. The van der Waals surface area contributed by atoms with Gasteiger partial charge in [0.1, 0.15) is 11.5 Å². The smallest absolute Gasteiger partial charge is 0.160 e. The van der Waals surface area contributed by atoms with Gasteiger partial charge in [0, 0.05) is 48.6 Å². The van der Waals surface area contributed by atoms with Crippen LogP contribution in [-0.2, 0) is 5.41 Å². The van der Waals surface area contributed by atoms with Crippen LogP contribution in [0.25, 0.3) is 65.3 Å². The number of ether oxygens (including phenoxy) is 1. The Labute approximate surface area is 298 Å². The van der Waals surface area contributed by atoms with Gasteiger partial charge in [0.15, 0.2) is 5.82 Å². The lowest BCUT2D eigenvalue weighted by Crippen LogP contribution is -2.32. The molecule has 0 atom stereocenters. The second kappa shape index (κ2) is 10.8. The molecule has 0 unspecified atom stereocenters. The number of para-hydroxylation sites is 2. The molecule has 1 aliphatic carbocycles. The first-order chi connectivity index (χ1) is 25.3. The highest BCUT2D eigenvalue weighted by atomic mass is 32.1. The molecule has 0 radical (unpaired) electrons. The van der Waals surface area contributed by atoms with Crippen LogP contribution in [0.4, 0.5) is 0 Å². The van der Waals surface area contributed by atoms with Crippen LogP contribution in [0.1, 0.15) is 22.3 Å². The molecular formula is C46H27N3OS. The third kappa shape index (κ3) is 4.10. The Morgan fingerprint density at radius 2 is 1.14 bits per heavy atom. The highest BCUT2D eigenvalue weighted by Crippen LogP contribution is 2.62. The van der Waals surface area contributed by atoms with Gasteiger partial charge in [-0.05, 0) is 70.8 Å². The Morgan fingerprint density at radius 1 is 0.451 bits per heavy atom. The largest absolute Gasteiger partial charge is 0.457 e. The first-order valence-corrected chi connectivity index (χ1v) is 17.9. The maximum absolute atomic E-state index is 6.55. The summed E-state index contributed by atoms with van der Waals surface area (Å²) in [5.74, 6) is 2.50. The number of nitrogens with zero attached hydrogens (tertiary/aromatic N) is 3. The number of hydrogen-bond donors (Lipinski definition) is 0. The van der Waals surface area contributed by atoms with Gasteiger partial charge in [-0.1, -0.05) is 109 Å². The summed E-state index contributed by atoms with van der Waals surface area (Å²) in [7, 11) is 0. The van der Waals surface area contributed by atoms with Crippen molar-refractivity contribution in [2.24, 2.45) is 0 Å². The molecule has 4 heterocycles. The molecule has 0 saturated heterocycles. The lowest BCUT2D eigenvalue weighted by atomic mass is 9.66. The first kappa shape index (κ1) is 28.4. The van der Waals surface area contributed by atoms with Gasteiger partial charge < -0.3 is 4.74 Å². The van der Waals surface area contributed by atoms with Crippen molar-refractivity contribution in [1.29, 1.82) is 0 Å². The van der Waals surface area contributed by atoms with E-state index in [4.69, 9.17) is 14.7 Å². The number of hydrogen-bond acceptors (Lipinski definition) is 5. The molecule has 11 rings (SSSR count). The molecule has 0 N–H and O–H groups in total. The summed E-state index contributed by atoms with van der Waals surface area (Å²) in [6.07, 6.45) is 1.81. The van der Waals surface area contributed by atoms with Crippen molar-refractivity contribution in [3.05, 3.63) is 186 Å². The predicted octanol–water partition coefficient (Wildman–Crippen LogP) is 11.7. The summed E-state index contributed by atoms with van der Waals surface area (Å²) in [5, 5.41) is 2.50. The lowest BCUT2D eigenvalue weighted by Gasteiger charge is -2.39. The molecule has 9 aromatic rings. The first-order valence-electron chi connectivity index (χ1n) is 17.1. The molecule has 1 spiro atoms. The summed E-state index contributed by atoms with van der Waals surface area (Å²) in [4.78, 5) is 14.6. The van der Waals surface area contributed by atoms with Gasteiger partial charge in [-0.15, -0.1) is 11.3 Å². The van der Waals surface area contributed by atoms with Gasteiger partial charge in [-0.2, -0.15) is 0 Å². The van der Waals surface area contributed by atoms with E-state index in [1.807, 2.05) is 47.7 Å². The summed E-state index contributed by atoms with van der Waals surface area (Å²) >= 11 is 1.84. The van der Waals surface area contributed by atoms with Crippen molar-refractivity contribution in [1.82, 2.24) is 15.0 Å². The fraction of sp³-hybridized carbons (Fsp3) is 0.0217. The SMILES string of the molecule is c1ccc(-c2nc(-c3ccc4c(c3)sc3cc5c(cc34)C3(c4ccccc4Oc4ccccc43)c3ccccc3-5)cc(-c3ccccn3)n2)cc1. The summed E-state index contributed by atoms with van der Waals surface area (Å²) in [6.45, 7) is 0. The molecule has 0 bridgehead atoms. The highest BCUT2D eigenvalue weighted by Gasteiger charge is 2.51. The van der Waals surface area contributed by atoms with Crippen molar-refractivity contribution in [2.75, 3.05) is 0 Å². The minimum Gasteiger partial charge on any atom is -0.457 e. The molecule has 51 heavy (non-hydrogen) atoms. The highest BCUT2D eigenvalue weighted by molar-refractivity contribution is 7.25. The monoisotopic (exact) mass is 669 g/mol. The predicted molar refractivity (Wildman–Crippen MR) is 206 cm³/mol. The number of thiophene rings is 1. The topological polar surface area (TPSA) is 47.9 Å². The average Bonchev–Trinajstić information content (AvgIpc) is 3.70.